The fourth-order valence-electron chi connectivity index (χ4n) is 2.39. The number of fused-ring (bicyclic) bond motifs is 1. The predicted molar refractivity (Wildman–Crippen MR) is 84.9 cm³/mol. The summed E-state index contributed by atoms with van der Waals surface area (Å²) in [6.45, 7) is 0. The zero-order valence-corrected chi connectivity index (χ0v) is 12.5. The van der Waals surface area contributed by atoms with Crippen molar-refractivity contribution >= 4 is 38.3 Å². The molecule has 0 saturated heterocycles. The van der Waals surface area contributed by atoms with Gasteiger partial charge in [-0.1, -0.05) is 24.3 Å². The van der Waals surface area contributed by atoms with Crippen LogP contribution < -0.4 is 5.73 Å². The molecule has 4 heteroatoms. The van der Waals surface area contributed by atoms with Crippen LogP contribution in [0.2, 0.25) is 0 Å². The molecule has 1 aromatic heterocycles. The summed E-state index contributed by atoms with van der Waals surface area (Å²) in [6, 6.07) is 13.2. The van der Waals surface area contributed by atoms with Crippen molar-refractivity contribution in [3.8, 4) is 0 Å². The number of aromatic nitrogens is 1. The Morgan fingerprint density at radius 1 is 1.10 bits per heavy atom. The number of hydrogen-bond donors (Lipinski definition) is 1. The standard InChI is InChI=1S/C16H13BrN2O/c1-19-9-12(10-5-2-3-8-14(10)19)16(20)11-6-4-7-13(18)15(11)17/h2-9H,18H2,1H3. The number of aryl methyl sites for hydroxylation is 1. The number of halogens is 1. The van der Waals surface area contributed by atoms with Crippen LogP contribution >= 0.6 is 15.9 Å². The lowest BCUT2D eigenvalue weighted by Gasteiger charge is -2.05. The van der Waals surface area contributed by atoms with Gasteiger partial charge in [-0.2, -0.15) is 0 Å². The first-order chi connectivity index (χ1) is 9.59. The van der Waals surface area contributed by atoms with Crippen LogP contribution in [0.3, 0.4) is 0 Å². The summed E-state index contributed by atoms with van der Waals surface area (Å²) < 4.78 is 2.61. The lowest BCUT2D eigenvalue weighted by Crippen LogP contribution is -2.03. The first-order valence-electron chi connectivity index (χ1n) is 6.22. The molecule has 0 amide bonds. The molecule has 0 radical (unpaired) electrons. The van der Waals surface area contributed by atoms with Gasteiger partial charge < -0.3 is 10.3 Å². The molecule has 0 fully saturated rings. The number of carbonyl (C=O) groups is 1. The number of para-hydroxylation sites is 1. The Morgan fingerprint density at radius 2 is 1.85 bits per heavy atom. The number of nitrogens with zero attached hydrogens (tertiary/aromatic N) is 1. The summed E-state index contributed by atoms with van der Waals surface area (Å²) in [5.74, 6) is -0.0269. The van der Waals surface area contributed by atoms with Crippen molar-refractivity contribution in [2.45, 2.75) is 0 Å². The molecular formula is C16H13BrN2O. The smallest absolute Gasteiger partial charge is 0.196 e. The second kappa shape index (κ2) is 4.80. The lowest BCUT2D eigenvalue weighted by atomic mass is 10.0. The molecular weight excluding hydrogens is 316 g/mol. The van der Waals surface area contributed by atoms with Crippen molar-refractivity contribution in [2.75, 3.05) is 5.73 Å². The first kappa shape index (κ1) is 12.9. The first-order valence-corrected chi connectivity index (χ1v) is 7.01. The highest BCUT2D eigenvalue weighted by atomic mass is 79.9. The molecule has 0 bridgehead atoms. The topological polar surface area (TPSA) is 48.0 Å². The molecule has 3 rings (SSSR count). The van der Waals surface area contributed by atoms with E-state index in [9.17, 15) is 4.79 Å². The fourth-order valence-corrected chi connectivity index (χ4v) is 2.84. The number of anilines is 1. The molecule has 0 spiro atoms. The normalized spacial score (nSPS) is 10.9. The molecule has 3 aromatic rings. The number of nitrogens with two attached hydrogens (primary N) is 1. The molecule has 3 nitrogen and oxygen atoms in total. The van der Waals surface area contributed by atoms with Crippen molar-refractivity contribution in [3.63, 3.8) is 0 Å². The molecule has 0 atom stereocenters. The molecule has 0 saturated carbocycles. The Bertz CT molecular complexity index is 820. The van der Waals surface area contributed by atoms with E-state index in [0.29, 0.717) is 21.3 Å². The van der Waals surface area contributed by atoms with E-state index in [4.69, 9.17) is 5.73 Å². The van der Waals surface area contributed by atoms with Crippen LogP contribution in [0.15, 0.2) is 53.1 Å². The summed E-state index contributed by atoms with van der Waals surface area (Å²) in [4.78, 5) is 12.7. The van der Waals surface area contributed by atoms with Crippen LogP contribution in [-0.2, 0) is 7.05 Å². The van der Waals surface area contributed by atoms with Crippen LogP contribution in [0.5, 0.6) is 0 Å². The van der Waals surface area contributed by atoms with E-state index in [1.807, 2.05) is 42.1 Å². The van der Waals surface area contributed by atoms with E-state index in [1.54, 1.807) is 18.2 Å². The zero-order valence-electron chi connectivity index (χ0n) is 10.9. The Kier molecular flexibility index (Phi) is 3.10. The van der Waals surface area contributed by atoms with E-state index < -0.39 is 0 Å². The van der Waals surface area contributed by atoms with Gasteiger partial charge in [0, 0.05) is 41.0 Å². The summed E-state index contributed by atoms with van der Waals surface area (Å²) in [7, 11) is 1.94. The Labute approximate surface area is 125 Å². The average molecular weight is 329 g/mol. The van der Waals surface area contributed by atoms with E-state index in [1.165, 1.54) is 0 Å². The predicted octanol–water partition coefficient (Wildman–Crippen LogP) is 3.75. The van der Waals surface area contributed by atoms with Crippen molar-refractivity contribution in [1.82, 2.24) is 4.57 Å². The summed E-state index contributed by atoms with van der Waals surface area (Å²) in [6.07, 6.45) is 1.86. The summed E-state index contributed by atoms with van der Waals surface area (Å²) in [5, 5.41) is 0.953. The van der Waals surface area contributed by atoms with Gasteiger partial charge in [0.1, 0.15) is 0 Å². The average Bonchev–Trinajstić information content (AvgIpc) is 2.79. The second-order valence-electron chi connectivity index (χ2n) is 4.71. The maximum absolute atomic E-state index is 12.7. The Balaban J connectivity index is 2.21. The van der Waals surface area contributed by atoms with E-state index in [0.717, 1.165) is 10.9 Å². The van der Waals surface area contributed by atoms with Crippen LogP contribution in [0, 0.1) is 0 Å². The van der Waals surface area contributed by atoms with Gasteiger partial charge in [-0.25, -0.2) is 0 Å². The Morgan fingerprint density at radius 3 is 2.65 bits per heavy atom. The SMILES string of the molecule is Cn1cc(C(=O)c2cccc(N)c2Br)c2ccccc21. The van der Waals surface area contributed by atoms with Crippen LogP contribution in [0.4, 0.5) is 5.69 Å². The maximum Gasteiger partial charge on any atom is 0.196 e. The van der Waals surface area contributed by atoms with E-state index >= 15 is 0 Å². The summed E-state index contributed by atoms with van der Waals surface area (Å²) >= 11 is 3.40. The molecule has 1 heterocycles. The van der Waals surface area contributed by atoms with Crippen molar-refractivity contribution in [1.29, 1.82) is 0 Å². The van der Waals surface area contributed by atoms with Gasteiger partial charge in [-0.05, 0) is 34.1 Å². The summed E-state index contributed by atoms with van der Waals surface area (Å²) in [5.41, 5.74) is 8.73. The van der Waals surface area contributed by atoms with Gasteiger partial charge in [0.15, 0.2) is 5.78 Å². The number of benzene rings is 2. The van der Waals surface area contributed by atoms with Crippen LogP contribution in [-0.4, -0.2) is 10.4 Å². The highest BCUT2D eigenvalue weighted by Gasteiger charge is 2.18. The molecule has 20 heavy (non-hydrogen) atoms. The highest BCUT2D eigenvalue weighted by Crippen LogP contribution is 2.29. The molecule has 2 aromatic carbocycles. The minimum absolute atomic E-state index is 0.0269. The molecule has 0 aliphatic rings. The quantitative estimate of drug-likeness (QED) is 0.575. The number of rotatable bonds is 2. The molecule has 2 N–H and O–H groups in total. The number of ketones is 1. The molecule has 0 aliphatic carbocycles. The third-order valence-electron chi connectivity index (χ3n) is 3.41. The zero-order chi connectivity index (χ0) is 14.3. The minimum Gasteiger partial charge on any atom is -0.398 e. The molecule has 0 unspecified atom stereocenters. The fraction of sp³-hybridized carbons (Fsp3) is 0.0625. The number of nitrogen functional groups attached to an aromatic ring is 1. The molecule has 0 aliphatic heterocycles. The lowest BCUT2D eigenvalue weighted by molar-refractivity contribution is 0.103. The van der Waals surface area contributed by atoms with E-state index in [-0.39, 0.29) is 5.78 Å². The largest absolute Gasteiger partial charge is 0.398 e. The minimum atomic E-state index is -0.0269. The number of hydrogen-bond acceptors (Lipinski definition) is 2. The van der Waals surface area contributed by atoms with Gasteiger partial charge in [-0.15, -0.1) is 0 Å². The molecule has 100 valence electrons. The van der Waals surface area contributed by atoms with E-state index in [2.05, 4.69) is 15.9 Å². The monoisotopic (exact) mass is 328 g/mol. The van der Waals surface area contributed by atoms with Gasteiger partial charge in [0.2, 0.25) is 0 Å². The van der Waals surface area contributed by atoms with Gasteiger partial charge in [-0.3, -0.25) is 4.79 Å². The number of carbonyl (C=O) groups excluding carboxylic acids is 1. The van der Waals surface area contributed by atoms with Gasteiger partial charge in [0.25, 0.3) is 0 Å². The third kappa shape index (κ3) is 1.93. The maximum atomic E-state index is 12.7. The van der Waals surface area contributed by atoms with Crippen molar-refractivity contribution in [2.24, 2.45) is 7.05 Å². The highest BCUT2D eigenvalue weighted by molar-refractivity contribution is 9.10. The van der Waals surface area contributed by atoms with Gasteiger partial charge >= 0.3 is 0 Å². The van der Waals surface area contributed by atoms with Crippen LogP contribution in [0.1, 0.15) is 15.9 Å². The third-order valence-corrected chi connectivity index (χ3v) is 4.30. The van der Waals surface area contributed by atoms with Crippen LogP contribution in [0.25, 0.3) is 10.9 Å². The van der Waals surface area contributed by atoms with Crippen molar-refractivity contribution in [3.05, 3.63) is 64.3 Å². The van der Waals surface area contributed by atoms with Crippen molar-refractivity contribution < 1.29 is 4.79 Å². The Hall–Kier alpha value is -2.07. The second-order valence-corrected chi connectivity index (χ2v) is 5.50. The van der Waals surface area contributed by atoms with Gasteiger partial charge in [0.05, 0.1) is 4.47 Å².